The van der Waals surface area contributed by atoms with Crippen LogP contribution in [0.2, 0.25) is 0 Å². The minimum Gasteiger partial charge on any atom is -0.490 e. The van der Waals surface area contributed by atoms with Crippen molar-refractivity contribution in [1.82, 2.24) is 9.80 Å². The molecule has 0 spiro atoms. The molecule has 0 bridgehead atoms. The molecule has 2 aromatic carbocycles. The predicted molar refractivity (Wildman–Crippen MR) is 154 cm³/mol. The Balaban J connectivity index is 1.93. The van der Waals surface area contributed by atoms with E-state index in [0.717, 1.165) is 31.4 Å². The van der Waals surface area contributed by atoms with Gasteiger partial charge in [0.1, 0.15) is 5.75 Å². The molecule has 39 heavy (non-hydrogen) atoms. The van der Waals surface area contributed by atoms with E-state index in [1.54, 1.807) is 23.1 Å². The second kappa shape index (κ2) is 15.0. The minimum absolute atomic E-state index is 0.0327. The van der Waals surface area contributed by atoms with Crippen LogP contribution in [0.1, 0.15) is 56.0 Å². The number of aliphatic hydroxyl groups excluding tert-OH is 1. The molecule has 8 heteroatoms. The summed E-state index contributed by atoms with van der Waals surface area (Å²) in [6, 6.07) is 14.3. The second-order valence-corrected chi connectivity index (χ2v) is 11.0. The largest absolute Gasteiger partial charge is 0.490 e. The molecular weight excluding hydrogens is 494 g/mol. The van der Waals surface area contributed by atoms with Gasteiger partial charge in [0.15, 0.2) is 0 Å². The van der Waals surface area contributed by atoms with Gasteiger partial charge < -0.3 is 29.7 Å². The Hall–Kier alpha value is -2.94. The number of hydrogen-bond acceptors (Lipinski definition) is 6. The quantitative estimate of drug-likeness (QED) is 0.548. The highest BCUT2D eigenvalue weighted by atomic mass is 16.5. The van der Waals surface area contributed by atoms with Crippen LogP contribution in [0, 0.1) is 5.92 Å². The lowest BCUT2D eigenvalue weighted by Gasteiger charge is -2.35. The smallest absolute Gasteiger partial charge is 0.258 e. The van der Waals surface area contributed by atoms with Crippen molar-refractivity contribution in [1.29, 1.82) is 0 Å². The molecule has 1 aliphatic rings. The van der Waals surface area contributed by atoms with Crippen molar-refractivity contribution in [3.63, 3.8) is 0 Å². The zero-order valence-corrected chi connectivity index (χ0v) is 24.1. The average Bonchev–Trinajstić information content (AvgIpc) is 2.90. The number of carbonyl (C=O) groups excluding carboxylic acids is 2. The molecule has 0 saturated heterocycles. The summed E-state index contributed by atoms with van der Waals surface area (Å²) in [5.41, 5.74) is 1.81. The van der Waals surface area contributed by atoms with E-state index < -0.39 is 6.04 Å². The van der Waals surface area contributed by atoms with Crippen molar-refractivity contribution >= 4 is 17.5 Å². The number of nitrogens with zero attached hydrogens (tertiary/aromatic N) is 2. The number of carbonyl (C=O) groups is 2. The molecule has 0 aliphatic carbocycles. The zero-order valence-electron chi connectivity index (χ0n) is 24.1. The number of ether oxygens (including phenoxy) is 2. The van der Waals surface area contributed by atoms with Gasteiger partial charge in [-0.15, -0.1) is 0 Å². The molecule has 0 fully saturated rings. The van der Waals surface area contributed by atoms with E-state index in [1.165, 1.54) is 0 Å². The molecule has 4 atom stereocenters. The third-order valence-electron chi connectivity index (χ3n) is 7.09. The van der Waals surface area contributed by atoms with Gasteiger partial charge in [0.2, 0.25) is 5.91 Å². The molecule has 2 N–H and O–H groups in total. The summed E-state index contributed by atoms with van der Waals surface area (Å²) in [5.74, 6) is 0.104. The van der Waals surface area contributed by atoms with Crippen molar-refractivity contribution in [2.45, 2.75) is 64.7 Å². The number of likely N-dealkylation sites (N-methyl/N-ethyl adjacent to an activating group) is 1. The molecule has 0 unspecified atom stereocenters. The molecule has 0 aromatic heterocycles. The third-order valence-corrected chi connectivity index (χ3v) is 7.09. The Morgan fingerprint density at radius 1 is 1.15 bits per heavy atom. The summed E-state index contributed by atoms with van der Waals surface area (Å²) in [4.78, 5) is 30.6. The second-order valence-electron chi connectivity index (χ2n) is 11.0. The summed E-state index contributed by atoms with van der Waals surface area (Å²) in [7, 11) is 4.03. The average molecular weight is 540 g/mol. The number of aliphatic hydroxyl groups is 1. The maximum atomic E-state index is 14.1. The number of amides is 2. The van der Waals surface area contributed by atoms with E-state index >= 15 is 0 Å². The van der Waals surface area contributed by atoms with Crippen LogP contribution in [-0.2, 0) is 16.0 Å². The van der Waals surface area contributed by atoms with E-state index in [1.807, 2.05) is 58.3 Å². The Morgan fingerprint density at radius 3 is 2.59 bits per heavy atom. The van der Waals surface area contributed by atoms with Crippen LogP contribution in [0.5, 0.6) is 5.75 Å². The van der Waals surface area contributed by atoms with Crippen molar-refractivity contribution in [3.05, 3.63) is 59.7 Å². The summed E-state index contributed by atoms with van der Waals surface area (Å²) in [6.07, 6.45) is 2.79. The third kappa shape index (κ3) is 9.34. The highest BCUT2D eigenvalue weighted by molar-refractivity contribution is 6.00. The fourth-order valence-electron chi connectivity index (χ4n) is 4.81. The fraction of sp³-hybridized carbons (Fsp3) is 0.548. The molecule has 1 aliphatic heterocycles. The summed E-state index contributed by atoms with van der Waals surface area (Å²) < 4.78 is 12.6. The summed E-state index contributed by atoms with van der Waals surface area (Å²) in [6.45, 7) is 7.57. The van der Waals surface area contributed by atoms with Crippen LogP contribution in [0.25, 0.3) is 0 Å². The number of nitrogens with one attached hydrogen (secondary N) is 1. The molecule has 3 rings (SSSR count). The first-order valence-electron chi connectivity index (χ1n) is 14.0. The van der Waals surface area contributed by atoms with Gasteiger partial charge in [-0.3, -0.25) is 9.59 Å². The van der Waals surface area contributed by atoms with Crippen LogP contribution >= 0.6 is 0 Å². The van der Waals surface area contributed by atoms with Crippen molar-refractivity contribution in [3.8, 4) is 5.75 Å². The number of rotatable bonds is 7. The number of anilines is 1. The Kier molecular flexibility index (Phi) is 11.8. The molecule has 1 heterocycles. The lowest BCUT2D eigenvalue weighted by molar-refractivity contribution is -0.115. The van der Waals surface area contributed by atoms with Gasteiger partial charge in [-0.2, -0.15) is 0 Å². The Morgan fingerprint density at radius 2 is 1.90 bits per heavy atom. The highest BCUT2D eigenvalue weighted by Gasteiger charge is 2.30. The van der Waals surface area contributed by atoms with Gasteiger partial charge in [0.25, 0.3) is 5.91 Å². The topological polar surface area (TPSA) is 91.3 Å². The first kappa shape index (κ1) is 30.6. The van der Waals surface area contributed by atoms with Gasteiger partial charge in [-0.05, 0) is 71.0 Å². The van der Waals surface area contributed by atoms with Crippen LogP contribution in [0.3, 0.4) is 0 Å². The van der Waals surface area contributed by atoms with E-state index in [9.17, 15) is 14.7 Å². The van der Waals surface area contributed by atoms with Crippen molar-refractivity contribution < 1.29 is 24.2 Å². The lowest BCUT2D eigenvalue weighted by Crippen LogP contribution is -2.47. The molecule has 2 amide bonds. The van der Waals surface area contributed by atoms with Gasteiger partial charge in [-0.25, -0.2) is 0 Å². The van der Waals surface area contributed by atoms with Crippen LogP contribution in [-0.4, -0.2) is 85.4 Å². The SMILES string of the molecule is C[C@@H]1CN([C@@H](C)CO)C(=O)c2cc(NC(=O)Cc3ccccc3)ccc2O[C@@H](C)CCCCO[C@@H]1CN(C)C. The minimum atomic E-state index is -0.408. The number of benzene rings is 2. The molecule has 0 saturated carbocycles. The Labute approximate surface area is 233 Å². The van der Waals surface area contributed by atoms with Crippen LogP contribution in [0.4, 0.5) is 5.69 Å². The van der Waals surface area contributed by atoms with Gasteiger partial charge in [-0.1, -0.05) is 37.3 Å². The Bertz CT molecular complexity index is 1060. The van der Waals surface area contributed by atoms with Crippen LogP contribution in [0.15, 0.2) is 48.5 Å². The van der Waals surface area contributed by atoms with E-state index in [4.69, 9.17) is 9.47 Å². The predicted octanol–water partition coefficient (Wildman–Crippen LogP) is 4.22. The summed E-state index contributed by atoms with van der Waals surface area (Å²) in [5, 5.41) is 13.0. The maximum Gasteiger partial charge on any atom is 0.258 e. The van der Waals surface area contributed by atoms with E-state index in [-0.39, 0.29) is 43.0 Å². The normalized spacial score (nSPS) is 22.0. The van der Waals surface area contributed by atoms with Crippen molar-refractivity contribution in [2.75, 3.05) is 45.7 Å². The molecule has 2 aromatic rings. The number of fused-ring (bicyclic) bond motifs is 1. The number of hydrogen-bond donors (Lipinski definition) is 2. The highest BCUT2D eigenvalue weighted by Crippen LogP contribution is 2.28. The standard InChI is InChI=1S/C31H45N3O5/c1-22-19-34(23(2)21-35)31(37)27-18-26(32-30(36)17-25-12-7-6-8-13-25)14-15-28(27)39-24(3)11-9-10-16-38-29(22)20-33(4)5/h6-8,12-15,18,22-24,29,35H,9-11,16-17,19-21H2,1-5H3,(H,32,36)/t22-,23+,24+,29-/m1/s1. The first-order valence-corrected chi connectivity index (χ1v) is 14.0. The molecule has 8 nitrogen and oxygen atoms in total. The van der Waals surface area contributed by atoms with Gasteiger partial charge >= 0.3 is 0 Å². The zero-order chi connectivity index (χ0) is 28.4. The van der Waals surface area contributed by atoms with E-state index in [2.05, 4.69) is 17.1 Å². The lowest BCUT2D eigenvalue weighted by atomic mass is 10.0. The summed E-state index contributed by atoms with van der Waals surface area (Å²) >= 11 is 0. The first-order chi connectivity index (χ1) is 18.7. The molecule has 0 radical (unpaired) electrons. The molecular formula is C31H45N3O5. The molecule has 214 valence electrons. The monoisotopic (exact) mass is 539 g/mol. The fourth-order valence-corrected chi connectivity index (χ4v) is 4.81. The van der Waals surface area contributed by atoms with Crippen molar-refractivity contribution in [2.24, 2.45) is 5.92 Å². The van der Waals surface area contributed by atoms with Crippen LogP contribution < -0.4 is 10.1 Å². The van der Waals surface area contributed by atoms with Gasteiger partial charge in [0, 0.05) is 31.3 Å². The van der Waals surface area contributed by atoms with E-state index in [0.29, 0.717) is 30.2 Å². The maximum absolute atomic E-state index is 14.1. The van der Waals surface area contributed by atoms with Gasteiger partial charge in [0.05, 0.1) is 36.8 Å².